The van der Waals surface area contributed by atoms with Gasteiger partial charge in [-0.25, -0.2) is 9.78 Å². The lowest BCUT2D eigenvalue weighted by Gasteiger charge is -2.00. The molecule has 0 aliphatic carbocycles. The minimum absolute atomic E-state index is 0.229. The third-order valence-corrected chi connectivity index (χ3v) is 4.09. The number of hydrogen-bond acceptors (Lipinski definition) is 3. The van der Waals surface area contributed by atoms with Crippen molar-refractivity contribution in [2.75, 3.05) is 0 Å². The first-order valence-electron chi connectivity index (χ1n) is 8.18. The first-order valence-corrected chi connectivity index (χ1v) is 8.18. The fraction of sp³-hybridized carbons (Fsp3) is 0. The molecule has 0 fully saturated rings. The molecule has 0 amide bonds. The van der Waals surface area contributed by atoms with Gasteiger partial charge in [0.2, 0.25) is 5.89 Å². The van der Waals surface area contributed by atoms with Gasteiger partial charge in [0, 0.05) is 16.7 Å². The van der Waals surface area contributed by atoms with Crippen LogP contribution in [-0.2, 0) is 0 Å². The second kappa shape index (κ2) is 6.69. The molecule has 0 spiro atoms. The quantitative estimate of drug-likeness (QED) is 0.542. The zero-order valence-corrected chi connectivity index (χ0v) is 13.8. The molecule has 0 saturated heterocycles. The molecular weight excluding hydrogens is 326 g/mol. The molecule has 1 heterocycles. The SMILES string of the molecule is O=C(O)c1ccc(-c2nc(-c3ccccc3)c(-c3ccccc3)o2)cc1. The van der Waals surface area contributed by atoms with Gasteiger partial charge >= 0.3 is 5.97 Å². The highest BCUT2D eigenvalue weighted by Gasteiger charge is 2.18. The number of rotatable bonds is 4. The summed E-state index contributed by atoms with van der Waals surface area (Å²) in [5, 5.41) is 9.05. The fourth-order valence-electron chi connectivity index (χ4n) is 2.78. The summed E-state index contributed by atoms with van der Waals surface area (Å²) in [6.45, 7) is 0. The Labute approximate surface area is 150 Å². The van der Waals surface area contributed by atoms with Crippen molar-refractivity contribution >= 4 is 5.97 Å². The predicted molar refractivity (Wildman–Crippen MR) is 99.8 cm³/mol. The monoisotopic (exact) mass is 341 g/mol. The highest BCUT2D eigenvalue weighted by atomic mass is 16.4. The van der Waals surface area contributed by atoms with E-state index in [0.29, 0.717) is 11.7 Å². The summed E-state index contributed by atoms with van der Waals surface area (Å²) in [4.78, 5) is 15.7. The smallest absolute Gasteiger partial charge is 0.335 e. The lowest BCUT2D eigenvalue weighted by atomic mass is 10.1. The van der Waals surface area contributed by atoms with E-state index >= 15 is 0 Å². The number of benzene rings is 3. The van der Waals surface area contributed by atoms with E-state index in [1.807, 2.05) is 60.7 Å². The van der Waals surface area contributed by atoms with Crippen molar-refractivity contribution < 1.29 is 14.3 Å². The van der Waals surface area contributed by atoms with Gasteiger partial charge in [0.25, 0.3) is 0 Å². The number of aromatic carboxylic acids is 1. The topological polar surface area (TPSA) is 63.3 Å². The zero-order valence-electron chi connectivity index (χ0n) is 13.8. The summed E-state index contributed by atoms with van der Waals surface area (Å²) in [7, 11) is 0. The Morgan fingerprint density at radius 2 is 1.31 bits per heavy atom. The minimum Gasteiger partial charge on any atom is -0.478 e. The molecular formula is C22H15NO3. The van der Waals surface area contributed by atoms with Gasteiger partial charge in [-0.05, 0) is 24.3 Å². The van der Waals surface area contributed by atoms with E-state index < -0.39 is 5.97 Å². The second-order valence-electron chi connectivity index (χ2n) is 5.81. The van der Waals surface area contributed by atoms with Gasteiger partial charge in [-0.2, -0.15) is 0 Å². The number of aromatic nitrogens is 1. The summed E-state index contributed by atoms with van der Waals surface area (Å²) in [6, 6.07) is 26.2. The maximum atomic E-state index is 11.0. The van der Waals surface area contributed by atoms with Gasteiger partial charge in [-0.15, -0.1) is 0 Å². The van der Waals surface area contributed by atoms with Crippen LogP contribution >= 0.6 is 0 Å². The van der Waals surface area contributed by atoms with E-state index in [2.05, 4.69) is 4.98 Å². The number of carboxylic acids is 1. The van der Waals surface area contributed by atoms with Crippen LogP contribution in [0.1, 0.15) is 10.4 Å². The van der Waals surface area contributed by atoms with Crippen LogP contribution in [0.3, 0.4) is 0 Å². The van der Waals surface area contributed by atoms with E-state index in [4.69, 9.17) is 9.52 Å². The van der Waals surface area contributed by atoms with Gasteiger partial charge < -0.3 is 9.52 Å². The van der Waals surface area contributed by atoms with Gasteiger partial charge in [-0.1, -0.05) is 60.7 Å². The molecule has 1 aromatic heterocycles. The molecule has 0 aliphatic heterocycles. The van der Waals surface area contributed by atoms with Crippen molar-refractivity contribution in [2.45, 2.75) is 0 Å². The third-order valence-electron chi connectivity index (χ3n) is 4.09. The summed E-state index contributed by atoms with van der Waals surface area (Å²) >= 11 is 0. The van der Waals surface area contributed by atoms with Crippen LogP contribution in [0, 0.1) is 0 Å². The Morgan fingerprint density at radius 3 is 1.88 bits per heavy atom. The zero-order chi connectivity index (χ0) is 17.9. The highest BCUT2D eigenvalue weighted by molar-refractivity contribution is 5.88. The maximum absolute atomic E-state index is 11.0. The normalized spacial score (nSPS) is 10.6. The predicted octanol–water partition coefficient (Wildman–Crippen LogP) is 5.37. The van der Waals surface area contributed by atoms with E-state index in [-0.39, 0.29) is 5.56 Å². The maximum Gasteiger partial charge on any atom is 0.335 e. The second-order valence-corrected chi connectivity index (χ2v) is 5.81. The molecule has 0 bridgehead atoms. The van der Waals surface area contributed by atoms with Crippen LogP contribution in [0.4, 0.5) is 0 Å². The summed E-state index contributed by atoms with van der Waals surface area (Å²) in [5.74, 6) is 0.188. The number of hydrogen-bond donors (Lipinski definition) is 1. The van der Waals surface area contributed by atoms with Gasteiger partial charge in [-0.3, -0.25) is 0 Å². The average Bonchev–Trinajstić information content (AvgIpc) is 3.15. The van der Waals surface area contributed by atoms with Crippen molar-refractivity contribution in [1.82, 2.24) is 4.98 Å². The van der Waals surface area contributed by atoms with Gasteiger partial charge in [0.1, 0.15) is 5.69 Å². The summed E-state index contributed by atoms with van der Waals surface area (Å²) < 4.78 is 6.08. The highest BCUT2D eigenvalue weighted by Crippen LogP contribution is 2.35. The molecule has 3 aromatic carbocycles. The van der Waals surface area contributed by atoms with Crippen LogP contribution in [0.5, 0.6) is 0 Å². The molecule has 0 radical (unpaired) electrons. The Kier molecular flexibility index (Phi) is 4.07. The third kappa shape index (κ3) is 3.00. The van der Waals surface area contributed by atoms with Crippen molar-refractivity contribution in [2.24, 2.45) is 0 Å². The van der Waals surface area contributed by atoms with E-state index in [0.717, 1.165) is 22.4 Å². The number of oxazole rings is 1. The minimum atomic E-state index is -0.959. The Hall–Kier alpha value is -3.66. The molecule has 4 aromatic rings. The van der Waals surface area contributed by atoms with Crippen molar-refractivity contribution in [1.29, 1.82) is 0 Å². The Balaban J connectivity index is 1.85. The lowest BCUT2D eigenvalue weighted by Crippen LogP contribution is -1.94. The van der Waals surface area contributed by atoms with Crippen molar-refractivity contribution in [3.63, 3.8) is 0 Å². The average molecular weight is 341 g/mol. The molecule has 4 heteroatoms. The molecule has 0 unspecified atom stereocenters. The Bertz CT molecular complexity index is 979. The van der Waals surface area contributed by atoms with Crippen LogP contribution in [0.2, 0.25) is 0 Å². The van der Waals surface area contributed by atoms with Crippen LogP contribution in [0.25, 0.3) is 34.0 Å². The largest absolute Gasteiger partial charge is 0.478 e. The number of carbonyl (C=O) groups is 1. The van der Waals surface area contributed by atoms with Gasteiger partial charge in [0.05, 0.1) is 5.56 Å². The summed E-state index contributed by atoms with van der Waals surface area (Å²) in [5.41, 5.74) is 3.62. The molecule has 26 heavy (non-hydrogen) atoms. The number of carboxylic acid groups (broad SMARTS) is 1. The lowest BCUT2D eigenvalue weighted by molar-refractivity contribution is 0.0697. The van der Waals surface area contributed by atoms with Crippen molar-refractivity contribution in [3.05, 3.63) is 90.5 Å². The number of nitrogens with zero attached hydrogens (tertiary/aromatic N) is 1. The molecule has 0 aliphatic rings. The Morgan fingerprint density at radius 1 is 0.731 bits per heavy atom. The molecule has 1 N–H and O–H groups in total. The first-order chi connectivity index (χ1) is 12.7. The summed E-state index contributed by atoms with van der Waals surface area (Å²) in [6.07, 6.45) is 0. The van der Waals surface area contributed by atoms with Crippen LogP contribution in [-0.4, -0.2) is 16.1 Å². The van der Waals surface area contributed by atoms with Crippen molar-refractivity contribution in [3.8, 4) is 34.0 Å². The van der Waals surface area contributed by atoms with Crippen LogP contribution < -0.4 is 0 Å². The van der Waals surface area contributed by atoms with E-state index in [1.165, 1.54) is 0 Å². The van der Waals surface area contributed by atoms with E-state index in [9.17, 15) is 4.79 Å². The molecule has 0 atom stereocenters. The molecule has 126 valence electrons. The fourth-order valence-corrected chi connectivity index (χ4v) is 2.78. The molecule has 4 rings (SSSR count). The standard InChI is InChI=1S/C22H15NO3/c24-22(25)18-13-11-17(12-14-18)21-23-19(15-7-3-1-4-8-15)20(26-21)16-9-5-2-6-10-16/h1-14H,(H,24,25). The first kappa shape index (κ1) is 15.8. The van der Waals surface area contributed by atoms with E-state index in [1.54, 1.807) is 24.3 Å². The molecule has 0 saturated carbocycles. The van der Waals surface area contributed by atoms with Crippen LogP contribution in [0.15, 0.2) is 89.3 Å². The van der Waals surface area contributed by atoms with Gasteiger partial charge in [0.15, 0.2) is 5.76 Å². The molecule has 4 nitrogen and oxygen atoms in total.